The van der Waals surface area contributed by atoms with Gasteiger partial charge in [0.25, 0.3) is 0 Å². The SMILES string of the molecule is O=C1OC(=O)c2nc3sccc3cc21. The number of pyridine rings is 1. The second kappa shape index (κ2) is 2.39. The van der Waals surface area contributed by atoms with Gasteiger partial charge < -0.3 is 4.74 Å². The molecule has 0 spiro atoms. The molecule has 0 aromatic carbocycles. The molecule has 2 aromatic rings. The molecule has 0 unspecified atom stereocenters. The average Bonchev–Trinajstić information content (AvgIpc) is 2.70. The maximum Gasteiger partial charge on any atom is 0.365 e. The molecule has 3 heterocycles. The summed E-state index contributed by atoms with van der Waals surface area (Å²) in [6.45, 7) is 0. The normalized spacial score (nSPS) is 14.6. The molecule has 0 atom stereocenters. The molecule has 3 rings (SSSR count). The van der Waals surface area contributed by atoms with Crippen molar-refractivity contribution in [2.75, 3.05) is 0 Å². The number of esters is 2. The minimum atomic E-state index is -0.652. The van der Waals surface area contributed by atoms with Gasteiger partial charge in [-0.15, -0.1) is 11.3 Å². The van der Waals surface area contributed by atoms with Crippen LogP contribution >= 0.6 is 11.3 Å². The van der Waals surface area contributed by atoms with Crippen LogP contribution in [-0.4, -0.2) is 16.9 Å². The first kappa shape index (κ1) is 7.64. The van der Waals surface area contributed by atoms with Crippen LogP contribution in [0.3, 0.4) is 0 Å². The zero-order valence-corrected chi connectivity index (χ0v) is 7.63. The van der Waals surface area contributed by atoms with Crippen molar-refractivity contribution in [1.82, 2.24) is 4.98 Å². The number of carbonyl (C=O) groups is 2. The maximum absolute atomic E-state index is 11.2. The summed E-state index contributed by atoms with van der Waals surface area (Å²) >= 11 is 1.43. The highest BCUT2D eigenvalue weighted by molar-refractivity contribution is 7.16. The minimum Gasteiger partial charge on any atom is -0.384 e. The van der Waals surface area contributed by atoms with Gasteiger partial charge in [0.05, 0.1) is 5.56 Å². The number of aromatic nitrogens is 1. The van der Waals surface area contributed by atoms with Crippen LogP contribution in [0.2, 0.25) is 0 Å². The van der Waals surface area contributed by atoms with E-state index < -0.39 is 11.9 Å². The van der Waals surface area contributed by atoms with E-state index in [1.807, 2.05) is 11.4 Å². The Kier molecular flexibility index (Phi) is 1.30. The first-order valence-corrected chi connectivity index (χ1v) is 4.78. The standard InChI is InChI=1S/C9H3NO3S/c11-8-5-3-4-1-2-14-7(4)10-6(5)9(12)13-8/h1-3H. The minimum absolute atomic E-state index is 0.130. The summed E-state index contributed by atoms with van der Waals surface area (Å²) in [5.74, 6) is -1.26. The number of nitrogens with zero attached hydrogens (tertiary/aromatic N) is 1. The fraction of sp³-hybridized carbons (Fsp3) is 0. The fourth-order valence-electron chi connectivity index (χ4n) is 1.40. The van der Waals surface area contributed by atoms with Gasteiger partial charge in [0, 0.05) is 5.39 Å². The van der Waals surface area contributed by atoms with Crippen LogP contribution in [0.15, 0.2) is 17.5 Å². The quantitative estimate of drug-likeness (QED) is 0.484. The van der Waals surface area contributed by atoms with Crippen LogP contribution in [-0.2, 0) is 4.74 Å². The fourth-order valence-corrected chi connectivity index (χ4v) is 2.15. The second-order valence-electron chi connectivity index (χ2n) is 2.88. The number of ether oxygens (including phenoxy) is 1. The molecule has 0 N–H and O–H groups in total. The lowest BCUT2D eigenvalue weighted by atomic mass is 10.2. The smallest absolute Gasteiger partial charge is 0.365 e. The van der Waals surface area contributed by atoms with E-state index in [0.717, 1.165) is 10.2 Å². The molecular formula is C9H3NO3S. The Hall–Kier alpha value is -1.75. The first-order chi connectivity index (χ1) is 6.75. The monoisotopic (exact) mass is 205 g/mol. The third kappa shape index (κ3) is 0.843. The first-order valence-electron chi connectivity index (χ1n) is 3.90. The maximum atomic E-state index is 11.2. The molecule has 2 aromatic heterocycles. The molecule has 0 amide bonds. The molecule has 0 aliphatic carbocycles. The lowest BCUT2D eigenvalue weighted by molar-refractivity contribution is 0.0441. The molecule has 5 heteroatoms. The third-order valence-electron chi connectivity index (χ3n) is 2.04. The van der Waals surface area contributed by atoms with Crippen LogP contribution in [0.5, 0.6) is 0 Å². The van der Waals surface area contributed by atoms with Crippen LogP contribution in [0.4, 0.5) is 0 Å². The van der Waals surface area contributed by atoms with Gasteiger partial charge in [0.1, 0.15) is 4.83 Å². The van der Waals surface area contributed by atoms with E-state index in [4.69, 9.17) is 0 Å². The molecule has 0 fully saturated rings. The molecule has 1 aliphatic heterocycles. The van der Waals surface area contributed by atoms with Crippen molar-refractivity contribution in [2.45, 2.75) is 0 Å². The van der Waals surface area contributed by atoms with Gasteiger partial charge in [-0.3, -0.25) is 0 Å². The lowest BCUT2D eigenvalue weighted by Crippen LogP contribution is -1.97. The van der Waals surface area contributed by atoms with Crippen molar-refractivity contribution >= 4 is 33.5 Å². The van der Waals surface area contributed by atoms with E-state index in [0.29, 0.717) is 0 Å². The number of carbonyl (C=O) groups excluding carboxylic acids is 2. The van der Waals surface area contributed by atoms with E-state index in [1.165, 1.54) is 11.3 Å². The Morgan fingerprint density at radius 3 is 3.00 bits per heavy atom. The van der Waals surface area contributed by atoms with Gasteiger partial charge in [-0.1, -0.05) is 0 Å². The predicted molar refractivity (Wildman–Crippen MR) is 49.4 cm³/mol. The van der Waals surface area contributed by atoms with Crippen LogP contribution in [0, 0.1) is 0 Å². The van der Waals surface area contributed by atoms with Gasteiger partial charge in [-0.05, 0) is 17.5 Å². The molecule has 68 valence electrons. The number of cyclic esters (lactones) is 2. The lowest BCUT2D eigenvalue weighted by Gasteiger charge is -1.91. The number of hydrogen-bond donors (Lipinski definition) is 0. The highest BCUT2D eigenvalue weighted by atomic mass is 32.1. The molecule has 4 nitrogen and oxygen atoms in total. The van der Waals surface area contributed by atoms with Gasteiger partial charge in [0.2, 0.25) is 0 Å². The van der Waals surface area contributed by atoms with E-state index in [1.54, 1.807) is 6.07 Å². The predicted octanol–water partition coefficient (Wildman–Crippen LogP) is 1.61. The third-order valence-corrected chi connectivity index (χ3v) is 2.86. The summed E-state index contributed by atoms with van der Waals surface area (Å²) in [4.78, 5) is 27.1. The van der Waals surface area contributed by atoms with Crippen molar-refractivity contribution in [2.24, 2.45) is 0 Å². The number of thiophene rings is 1. The van der Waals surface area contributed by atoms with Crippen LogP contribution in [0.1, 0.15) is 20.8 Å². The highest BCUT2D eigenvalue weighted by Gasteiger charge is 2.31. The molecule has 0 bridgehead atoms. The van der Waals surface area contributed by atoms with E-state index in [-0.39, 0.29) is 11.3 Å². The number of fused-ring (bicyclic) bond motifs is 2. The molecule has 0 saturated carbocycles. The van der Waals surface area contributed by atoms with Gasteiger partial charge in [0.15, 0.2) is 5.69 Å². The molecule has 14 heavy (non-hydrogen) atoms. The molecule has 0 saturated heterocycles. The number of hydrogen-bond acceptors (Lipinski definition) is 5. The summed E-state index contributed by atoms with van der Waals surface area (Å²) in [6, 6.07) is 3.49. The summed E-state index contributed by atoms with van der Waals surface area (Å²) in [7, 11) is 0. The Balaban J connectivity index is 2.43. The summed E-state index contributed by atoms with van der Waals surface area (Å²) < 4.78 is 4.44. The summed E-state index contributed by atoms with van der Waals surface area (Å²) in [5.41, 5.74) is 0.394. The van der Waals surface area contributed by atoms with Crippen molar-refractivity contribution in [3.05, 3.63) is 28.8 Å². The van der Waals surface area contributed by atoms with Gasteiger partial charge >= 0.3 is 11.9 Å². The van der Waals surface area contributed by atoms with Crippen molar-refractivity contribution in [1.29, 1.82) is 0 Å². The topological polar surface area (TPSA) is 56.3 Å². The Morgan fingerprint density at radius 2 is 2.14 bits per heavy atom. The van der Waals surface area contributed by atoms with Crippen molar-refractivity contribution in [3.8, 4) is 0 Å². The van der Waals surface area contributed by atoms with E-state index in [9.17, 15) is 9.59 Å². The Bertz CT molecular complexity index is 524. The molecule has 1 aliphatic rings. The zero-order valence-electron chi connectivity index (χ0n) is 6.81. The largest absolute Gasteiger partial charge is 0.384 e. The van der Waals surface area contributed by atoms with Crippen molar-refractivity contribution < 1.29 is 14.3 Å². The summed E-state index contributed by atoms with van der Waals surface area (Å²) in [5, 5.41) is 2.73. The van der Waals surface area contributed by atoms with Gasteiger partial charge in [-0.2, -0.15) is 0 Å². The number of rotatable bonds is 0. The highest BCUT2D eigenvalue weighted by Crippen LogP contribution is 2.25. The van der Waals surface area contributed by atoms with Gasteiger partial charge in [-0.25, -0.2) is 14.6 Å². The van der Waals surface area contributed by atoms with Crippen LogP contribution < -0.4 is 0 Å². The molecular weight excluding hydrogens is 202 g/mol. The van der Waals surface area contributed by atoms with E-state index >= 15 is 0 Å². The van der Waals surface area contributed by atoms with Crippen LogP contribution in [0.25, 0.3) is 10.2 Å². The molecule has 0 radical (unpaired) electrons. The zero-order chi connectivity index (χ0) is 9.71. The summed E-state index contributed by atoms with van der Waals surface area (Å²) in [6.07, 6.45) is 0. The second-order valence-corrected chi connectivity index (χ2v) is 3.77. The Morgan fingerprint density at radius 1 is 1.29 bits per heavy atom. The van der Waals surface area contributed by atoms with E-state index in [2.05, 4.69) is 9.72 Å². The Labute approximate surface area is 82.1 Å². The van der Waals surface area contributed by atoms with Crippen molar-refractivity contribution in [3.63, 3.8) is 0 Å². The average molecular weight is 205 g/mol.